The van der Waals surface area contributed by atoms with Crippen molar-refractivity contribution < 1.29 is 9.53 Å². The number of hydrogen-bond acceptors (Lipinski definition) is 3. The van der Waals surface area contributed by atoms with E-state index < -0.39 is 0 Å². The lowest BCUT2D eigenvalue weighted by atomic mass is 10.1. The van der Waals surface area contributed by atoms with E-state index in [2.05, 4.69) is 15.6 Å². The van der Waals surface area contributed by atoms with E-state index in [1.54, 1.807) is 26.2 Å². The Kier molecular flexibility index (Phi) is 4.37. The number of hydrogen-bond donors (Lipinski definition) is 3. The maximum atomic E-state index is 11.6. The van der Waals surface area contributed by atoms with Gasteiger partial charge in [0.15, 0.2) is 0 Å². The summed E-state index contributed by atoms with van der Waals surface area (Å²) in [6, 6.07) is 6.87. The number of urea groups is 1. The molecule has 0 aliphatic heterocycles. The highest BCUT2D eigenvalue weighted by Crippen LogP contribution is 2.16. The van der Waals surface area contributed by atoms with Gasteiger partial charge in [-0.25, -0.2) is 4.79 Å². The van der Waals surface area contributed by atoms with Gasteiger partial charge >= 0.3 is 6.03 Å². The first-order valence-electron chi connectivity index (χ1n) is 6.27. The first-order valence-corrected chi connectivity index (χ1v) is 6.27. The molecular weight excluding hydrogens is 258 g/mol. The lowest BCUT2D eigenvalue weighted by molar-refractivity contribution is 0.198. The largest absolute Gasteiger partial charge is 0.383 e. The van der Waals surface area contributed by atoms with Crippen LogP contribution in [0.25, 0.3) is 10.9 Å². The van der Waals surface area contributed by atoms with Crippen molar-refractivity contribution in [2.45, 2.75) is 6.92 Å². The summed E-state index contributed by atoms with van der Waals surface area (Å²) in [7, 11) is 1.57. The van der Waals surface area contributed by atoms with E-state index in [-0.39, 0.29) is 11.6 Å². The number of aromatic nitrogens is 1. The molecule has 1 heterocycles. The lowest BCUT2D eigenvalue weighted by Gasteiger charge is -2.08. The van der Waals surface area contributed by atoms with E-state index >= 15 is 0 Å². The highest BCUT2D eigenvalue weighted by molar-refractivity contribution is 5.92. The minimum Gasteiger partial charge on any atom is -0.383 e. The zero-order valence-electron chi connectivity index (χ0n) is 11.4. The number of H-pyrrole nitrogens is 1. The number of pyridine rings is 1. The van der Waals surface area contributed by atoms with Crippen LogP contribution in [0.15, 0.2) is 29.1 Å². The molecule has 0 saturated heterocycles. The normalized spacial score (nSPS) is 10.5. The molecule has 6 nitrogen and oxygen atoms in total. The molecule has 2 rings (SSSR count). The van der Waals surface area contributed by atoms with Gasteiger partial charge in [0.2, 0.25) is 0 Å². The summed E-state index contributed by atoms with van der Waals surface area (Å²) in [5, 5.41) is 6.28. The van der Waals surface area contributed by atoms with Crippen molar-refractivity contribution >= 4 is 22.6 Å². The maximum Gasteiger partial charge on any atom is 0.319 e. The van der Waals surface area contributed by atoms with Crippen LogP contribution < -0.4 is 16.2 Å². The Labute approximate surface area is 116 Å². The summed E-state index contributed by atoms with van der Waals surface area (Å²) in [5.74, 6) is 0. The number of aromatic amines is 1. The second kappa shape index (κ2) is 6.21. The number of nitrogens with one attached hydrogen (secondary N) is 3. The molecular formula is C14H17N3O3. The molecule has 0 aliphatic rings. The summed E-state index contributed by atoms with van der Waals surface area (Å²) in [4.78, 5) is 25.9. The smallest absolute Gasteiger partial charge is 0.319 e. The number of aryl methyl sites for hydroxylation is 1. The van der Waals surface area contributed by atoms with Gasteiger partial charge in [-0.3, -0.25) is 4.79 Å². The minimum absolute atomic E-state index is 0.126. The van der Waals surface area contributed by atoms with Gasteiger partial charge in [-0.1, -0.05) is 6.07 Å². The molecule has 1 aromatic carbocycles. The fourth-order valence-corrected chi connectivity index (χ4v) is 1.83. The second-order valence-corrected chi connectivity index (χ2v) is 4.46. The van der Waals surface area contributed by atoms with Crippen molar-refractivity contribution in [2.75, 3.05) is 25.6 Å². The average Bonchev–Trinajstić information content (AvgIpc) is 2.41. The highest BCUT2D eigenvalue weighted by atomic mass is 16.5. The SMILES string of the molecule is COCCNC(=O)Nc1ccc2cc(C)c(=O)[nH]c2c1. The monoisotopic (exact) mass is 275 g/mol. The quantitative estimate of drug-likeness (QED) is 0.741. The third kappa shape index (κ3) is 3.36. The molecule has 1 aromatic heterocycles. The number of fused-ring (bicyclic) bond motifs is 1. The van der Waals surface area contributed by atoms with Gasteiger partial charge in [0.1, 0.15) is 0 Å². The molecule has 0 atom stereocenters. The summed E-state index contributed by atoms with van der Waals surface area (Å²) in [6.45, 7) is 2.65. The van der Waals surface area contributed by atoms with E-state index in [0.29, 0.717) is 29.9 Å². The number of carbonyl (C=O) groups is 1. The summed E-state index contributed by atoms with van der Waals surface area (Å²) in [5.41, 5.74) is 1.84. The number of anilines is 1. The molecule has 0 bridgehead atoms. The van der Waals surface area contributed by atoms with E-state index in [1.807, 2.05) is 12.1 Å². The van der Waals surface area contributed by atoms with Crippen LogP contribution >= 0.6 is 0 Å². The predicted octanol–water partition coefficient (Wildman–Crippen LogP) is 1.60. The molecule has 0 radical (unpaired) electrons. The van der Waals surface area contributed by atoms with Gasteiger partial charge in [-0.2, -0.15) is 0 Å². The number of rotatable bonds is 4. The molecule has 6 heteroatoms. The van der Waals surface area contributed by atoms with Gasteiger partial charge in [0.25, 0.3) is 5.56 Å². The van der Waals surface area contributed by atoms with E-state index in [9.17, 15) is 9.59 Å². The van der Waals surface area contributed by atoms with Crippen molar-refractivity contribution in [3.8, 4) is 0 Å². The van der Waals surface area contributed by atoms with E-state index in [0.717, 1.165) is 5.39 Å². The molecule has 0 saturated carbocycles. The second-order valence-electron chi connectivity index (χ2n) is 4.46. The number of amides is 2. The fourth-order valence-electron chi connectivity index (χ4n) is 1.83. The lowest BCUT2D eigenvalue weighted by Crippen LogP contribution is -2.31. The topological polar surface area (TPSA) is 83.2 Å². The van der Waals surface area contributed by atoms with Crippen LogP contribution in [0.4, 0.5) is 10.5 Å². The predicted molar refractivity (Wildman–Crippen MR) is 78.2 cm³/mol. The Morgan fingerprint density at radius 2 is 2.15 bits per heavy atom. The van der Waals surface area contributed by atoms with Crippen LogP contribution in [0.1, 0.15) is 5.56 Å². The van der Waals surface area contributed by atoms with Gasteiger partial charge in [-0.05, 0) is 30.5 Å². The fraction of sp³-hybridized carbons (Fsp3) is 0.286. The Morgan fingerprint density at radius 3 is 2.90 bits per heavy atom. The summed E-state index contributed by atoms with van der Waals surface area (Å²) < 4.78 is 4.84. The van der Waals surface area contributed by atoms with Crippen LogP contribution in [0.5, 0.6) is 0 Å². The molecule has 20 heavy (non-hydrogen) atoms. The Morgan fingerprint density at radius 1 is 1.35 bits per heavy atom. The van der Waals surface area contributed by atoms with Crippen molar-refractivity contribution in [2.24, 2.45) is 0 Å². The molecule has 0 unspecified atom stereocenters. The molecule has 0 fully saturated rings. The molecule has 0 spiro atoms. The van der Waals surface area contributed by atoms with Crippen LogP contribution in [0.2, 0.25) is 0 Å². The van der Waals surface area contributed by atoms with E-state index in [1.165, 1.54) is 0 Å². The summed E-state index contributed by atoms with van der Waals surface area (Å²) >= 11 is 0. The number of benzene rings is 1. The summed E-state index contributed by atoms with van der Waals surface area (Å²) in [6.07, 6.45) is 0. The molecule has 2 amide bonds. The van der Waals surface area contributed by atoms with Gasteiger partial charge in [0.05, 0.1) is 12.1 Å². The third-order valence-corrected chi connectivity index (χ3v) is 2.88. The Bertz CT molecular complexity index is 679. The zero-order valence-corrected chi connectivity index (χ0v) is 11.4. The van der Waals surface area contributed by atoms with Crippen molar-refractivity contribution in [1.29, 1.82) is 0 Å². The van der Waals surface area contributed by atoms with Gasteiger partial charge < -0.3 is 20.4 Å². The Hall–Kier alpha value is -2.34. The van der Waals surface area contributed by atoms with E-state index in [4.69, 9.17) is 4.74 Å². The Balaban J connectivity index is 2.13. The zero-order chi connectivity index (χ0) is 14.5. The molecule has 3 N–H and O–H groups in total. The first-order chi connectivity index (χ1) is 9.60. The van der Waals surface area contributed by atoms with Crippen LogP contribution in [0, 0.1) is 6.92 Å². The number of carbonyl (C=O) groups excluding carboxylic acids is 1. The van der Waals surface area contributed by atoms with Crippen molar-refractivity contribution in [3.63, 3.8) is 0 Å². The minimum atomic E-state index is -0.309. The van der Waals surface area contributed by atoms with Crippen molar-refractivity contribution in [1.82, 2.24) is 10.3 Å². The standard InChI is InChI=1S/C14H17N3O3/c1-9-7-10-3-4-11(8-12(10)17-13(9)18)16-14(19)15-5-6-20-2/h3-4,7-8H,5-6H2,1-2H3,(H,17,18)(H2,15,16,19). The number of methoxy groups -OCH3 is 1. The molecule has 2 aromatic rings. The molecule has 106 valence electrons. The highest BCUT2D eigenvalue weighted by Gasteiger charge is 2.03. The third-order valence-electron chi connectivity index (χ3n) is 2.88. The van der Waals surface area contributed by atoms with Gasteiger partial charge in [-0.15, -0.1) is 0 Å². The average molecular weight is 275 g/mol. The van der Waals surface area contributed by atoms with Crippen LogP contribution in [-0.4, -0.2) is 31.3 Å². The van der Waals surface area contributed by atoms with Gasteiger partial charge in [0, 0.05) is 24.9 Å². The molecule has 0 aliphatic carbocycles. The van der Waals surface area contributed by atoms with Crippen LogP contribution in [0.3, 0.4) is 0 Å². The van der Waals surface area contributed by atoms with Crippen molar-refractivity contribution in [3.05, 3.63) is 40.2 Å². The maximum absolute atomic E-state index is 11.6. The van der Waals surface area contributed by atoms with Crippen LogP contribution in [-0.2, 0) is 4.74 Å². The first kappa shape index (κ1) is 14.1. The number of ether oxygens (including phenoxy) is 1.